The van der Waals surface area contributed by atoms with Crippen molar-refractivity contribution >= 4 is 17.5 Å². The molecule has 0 spiro atoms. The Labute approximate surface area is 113 Å². The lowest BCUT2D eigenvalue weighted by Crippen LogP contribution is -2.36. The van der Waals surface area contributed by atoms with Crippen LogP contribution in [0.5, 0.6) is 0 Å². The number of likely N-dealkylation sites (tertiary alicyclic amines) is 1. The van der Waals surface area contributed by atoms with E-state index in [0.717, 1.165) is 42.1 Å². The van der Waals surface area contributed by atoms with Crippen molar-refractivity contribution in [1.82, 2.24) is 10.2 Å². The number of aryl methyl sites for hydroxylation is 1. The molecule has 1 N–H and O–H groups in total. The van der Waals surface area contributed by atoms with E-state index in [1.807, 2.05) is 30.0 Å². The van der Waals surface area contributed by atoms with Gasteiger partial charge in [-0.2, -0.15) is 0 Å². The predicted molar refractivity (Wildman–Crippen MR) is 73.7 cm³/mol. The highest BCUT2D eigenvalue weighted by atomic mass is 35.5. The van der Waals surface area contributed by atoms with E-state index in [-0.39, 0.29) is 5.91 Å². The maximum Gasteiger partial charge on any atom is 0.236 e. The minimum Gasteiger partial charge on any atom is -0.342 e. The summed E-state index contributed by atoms with van der Waals surface area (Å²) in [5.74, 6) is 0.190. The van der Waals surface area contributed by atoms with Crippen LogP contribution in [0.15, 0.2) is 18.2 Å². The van der Waals surface area contributed by atoms with Crippen LogP contribution in [0.25, 0.3) is 0 Å². The fraction of sp³-hybridized carbons (Fsp3) is 0.500. The number of carbonyl (C=O) groups is 1. The fourth-order valence-electron chi connectivity index (χ4n) is 2.18. The van der Waals surface area contributed by atoms with Crippen LogP contribution in [-0.4, -0.2) is 30.4 Å². The molecule has 1 fully saturated rings. The monoisotopic (exact) mass is 266 g/mol. The molecule has 1 aliphatic rings. The van der Waals surface area contributed by atoms with E-state index in [9.17, 15) is 4.79 Å². The summed E-state index contributed by atoms with van der Waals surface area (Å²) in [6.45, 7) is 4.86. The first-order valence-electron chi connectivity index (χ1n) is 6.40. The number of benzene rings is 1. The first-order chi connectivity index (χ1) is 8.66. The maximum atomic E-state index is 11.8. The molecule has 1 saturated heterocycles. The second-order valence-corrected chi connectivity index (χ2v) is 5.19. The molecule has 0 bridgehead atoms. The number of amides is 1. The van der Waals surface area contributed by atoms with E-state index in [1.165, 1.54) is 0 Å². The molecule has 98 valence electrons. The van der Waals surface area contributed by atoms with Crippen molar-refractivity contribution < 1.29 is 4.79 Å². The molecule has 0 unspecified atom stereocenters. The van der Waals surface area contributed by atoms with Gasteiger partial charge in [0, 0.05) is 24.7 Å². The van der Waals surface area contributed by atoms with Crippen LogP contribution in [0.2, 0.25) is 5.02 Å². The van der Waals surface area contributed by atoms with Gasteiger partial charge in [0.1, 0.15) is 0 Å². The van der Waals surface area contributed by atoms with Gasteiger partial charge in [-0.05, 0) is 37.0 Å². The van der Waals surface area contributed by atoms with Crippen molar-refractivity contribution in [3.63, 3.8) is 0 Å². The van der Waals surface area contributed by atoms with Crippen LogP contribution < -0.4 is 5.32 Å². The first-order valence-corrected chi connectivity index (χ1v) is 6.78. The molecule has 3 nitrogen and oxygen atoms in total. The molecule has 1 amide bonds. The summed E-state index contributed by atoms with van der Waals surface area (Å²) < 4.78 is 0. The van der Waals surface area contributed by atoms with Gasteiger partial charge in [-0.3, -0.25) is 4.79 Å². The van der Waals surface area contributed by atoms with E-state index in [2.05, 4.69) is 5.32 Å². The Morgan fingerprint density at radius 3 is 2.78 bits per heavy atom. The summed E-state index contributed by atoms with van der Waals surface area (Å²) in [5, 5.41) is 3.92. The highest BCUT2D eigenvalue weighted by Crippen LogP contribution is 2.17. The van der Waals surface area contributed by atoms with E-state index in [1.54, 1.807) is 0 Å². The molecule has 0 radical (unpaired) electrons. The lowest BCUT2D eigenvalue weighted by Gasteiger charge is -2.15. The lowest BCUT2D eigenvalue weighted by atomic mass is 10.1. The number of hydrogen-bond donors (Lipinski definition) is 1. The van der Waals surface area contributed by atoms with Gasteiger partial charge in [0.2, 0.25) is 5.91 Å². The Balaban J connectivity index is 1.79. The van der Waals surface area contributed by atoms with Crippen LogP contribution >= 0.6 is 11.6 Å². The average Bonchev–Trinajstić information content (AvgIpc) is 2.85. The third-order valence-electron chi connectivity index (χ3n) is 3.26. The number of rotatable bonds is 4. The van der Waals surface area contributed by atoms with Gasteiger partial charge in [0.15, 0.2) is 0 Å². The lowest BCUT2D eigenvalue weighted by molar-refractivity contribution is -0.129. The summed E-state index contributed by atoms with van der Waals surface area (Å²) >= 11 is 6.14. The van der Waals surface area contributed by atoms with Crippen molar-refractivity contribution in [3.8, 4) is 0 Å². The van der Waals surface area contributed by atoms with Crippen LogP contribution in [0.1, 0.15) is 24.0 Å². The molecule has 2 rings (SSSR count). The van der Waals surface area contributed by atoms with Crippen molar-refractivity contribution in [2.24, 2.45) is 0 Å². The zero-order chi connectivity index (χ0) is 13.0. The van der Waals surface area contributed by atoms with Gasteiger partial charge < -0.3 is 10.2 Å². The molecule has 4 heteroatoms. The Morgan fingerprint density at radius 1 is 1.39 bits per heavy atom. The van der Waals surface area contributed by atoms with E-state index in [0.29, 0.717) is 13.1 Å². The van der Waals surface area contributed by atoms with E-state index >= 15 is 0 Å². The SMILES string of the molecule is Cc1ccc(CNCC(=O)N2CCCC2)c(Cl)c1. The van der Waals surface area contributed by atoms with Gasteiger partial charge >= 0.3 is 0 Å². The molecule has 0 saturated carbocycles. The summed E-state index contributed by atoms with van der Waals surface area (Å²) in [4.78, 5) is 13.7. The van der Waals surface area contributed by atoms with Crippen LogP contribution in [0, 0.1) is 6.92 Å². The summed E-state index contributed by atoms with van der Waals surface area (Å²) in [6.07, 6.45) is 2.27. The standard InChI is InChI=1S/C14H19ClN2O/c1-11-4-5-12(13(15)8-11)9-16-10-14(18)17-6-2-3-7-17/h4-5,8,16H,2-3,6-7,9-10H2,1H3. The zero-order valence-electron chi connectivity index (χ0n) is 10.7. The molecule has 1 aromatic carbocycles. The van der Waals surface area contributed by atoms with Crippen molar-refractivity contribution in [1.29, 1.82) is 0 Å². The Hall–Kier alpha value is -1.06. The Kier molecular flexibility index (Phi) is 4.61. The first kappa shape index (κ1) is 13.4. The molecule has 18 heavy (non-hydrogen) atoms. The van der Waals surface area contributed by atoms with Gasteiger partial charge in [-0.15, -0.1) is 0 Å². The Morgan fingerprint density at radius 2 is 2.11 bits per heavy atom. The van der Waals surface area contributed by atoms with Gasteiger partial charge in [-0.1, -0.05) is 23.7 Å². The van der Waals surface area contributed by atoms with Gasteiger partial charge in [0.05, 0.1) is 6.54 Å². The van der Waals surface area contributed by atoms with Crippen molar-refractivity contribution in [2.45, 2.75) is 26.3 Å². The van der Waals surface area contributed by atoms with Crippen LogP contribution in [0.4, 0.5) is 0 Å². The van der Waals surface area contributed by atoms with Crippen LogP contribution in [-0.2, 0) is 11.3 Å². The molecule has 0 atom stereocenters. The molecule has 1 aliphatic heterocycles. The maximum absolute atomic E-state index is 11.8. The van der Waals surface area contributed by atoms with E-state index < -0.39 is 0 Å². The fourth-order valence-corrected chi connectivity index (χ4v) is 2.48. The summed E-state index contributed by atoms with van der Waals surface area (Å²) in [7, 11) is 0. The number of hydrogen-bond acceptors (Lipinski definition) is 2. The van der Waals surface area contributed by atoms with Crippen molar-refractivity contribution in [2.75, 3.05) is 19.6 Å². The number of nitrogens with zero attached hydrogens (tertiary/aromatic N) is 1. The topological polar surface area (TPSA) is 32.3 Å². The molecule has 1 aromatic rings. The molecule has 1 heterocycles. The van der Waals surface area contributed by atoms with Gasteiger partial charge in [-0.25, -0.2) is 0 Å². The summed E-state index contributed by atoms with van der Waals surface area (Å²) in [6, 6.07) is 5.98. The predicted octanol–water partition coefficient (Wildman–Crippen LogP) is 2.36. The third-order valence-corrected chi connectivity index (χ3v) is 3.61. The molecular weight excluding hydrogens is 248 g/mol. The largest absolute Gasteiger partial charge is 0.342 e. The minimum absolute atomic E-state index is 0.190. The number of carbonyl (C=O) groups excluding carboxylic acids is 1. The quantitative estimate of drug-likeness (QED) is 0.907. The second-order valence-electron chi connectivity index (χ2n) is 4.79. The molecule has 0 aromatic heterocycles. The highest BCUT2D eigenvalue weighted by molar-refractivity contribution is 6.31. The molecular formula is C14H19ClN2O. The minimum atomic E-state index is 0.190. The third kappa shape index (κ3) is 3.47. The average molecular weight is 267 g/mol. The highest BCUT2D eigenvalue weighted by Gasteiger charge is 2.16. The zero-order valence-corrected chi connectivity index (χ0v) is 11.5. The van der Waals surface area contributed by atoms with Crippen molar-refractivity contribution in [3.05, 3.63) is 34.3 Å². The molecule has 0 aliphatic carbocycles. The normalized spacial score (nSPS) is 15.1. The number of nitrogens with one attached hydrogen (secondary N) is 1. The van der Waals surface area contributed by atoms with Crippen LogP contribution in [0.3, 0.4) is 0 Å². The smallest absolute Gasteiger partial charge is 0.236 e. The Bertz CT molecular complexity index is 428. The summed E-state index contributed by atoms with van der Waals surface area (Å²) in [5.41, 5.74) is 2.19. The second kappa shape index (κ2) is 6.21. The van der Waals surface area contributed by atoms with E-state index in [4.69, 9.17) is 11.6 Å². The van der Waals surface area contributed by atoms with Gasteiger partial charge in [0.25, 0.3) is 0 Å². The number of halogens is 1.